The number of rotatable bonds is 4. The van der Waals surface area contributed by atoms with Gasteiger partial charge in [0.2, 0.25) is 5.91 Å². The molecule has 0 aliphatic carbocycles. The quantitative estimate of drug-likeness (QED) is 0.900. The monoisotopic (exact) mass is 273 g/mol. The van der Waals surface area contributed by atoms with E-state index in [0.717, 1.165) is 0 Å². The van der Waals surface area contributed by atoms with E-state index in [4.69, 9.17) is 5.11 Å². The molecule has 2 N–H and O–H groups in total. The largest absolute Gasteiger partial charge is 0.478 e. The standard InChI is InChI=1S/C15H12FNO3/c16-12-7-3-1-5-10(12)9-14(18)17-13-8-4-2-6-11(13)15(19)20/h1-8H,9H2,(H,17,18)(H,19,20). The Morgan fingerprint density at radius 3 is 2.40 bits per heavy atom. The molecule has 5 heteroatoms. The third-order valence-corrected chi connectivity index (χ3v) is 2.74. The van der Waals surface area contributed by atoms with Crippen molar-refractivity contribution in [2.24, 2.45) is 0 Å². The molecule has 0 saturated carbocycles. The molecule has 0 fully saturated rings. The van der Waals surface area contributed by atoms with Crippen LogP contribution in [-0.4, -0.2) is 17.0 Å². The van der Waals surface area contributed by atoms with Gasteiger partial charge in [0.25, 0.3) is 0 Å². The molecule has 0 unspecified atom stereocenters. The minimum atomic E-state index is -1.13. The second-order valence-electron chi connectivity index (χ2n) is 4.17. The normalized spacial score (nSPS) is 10.1. The van der Waals surface area contributed by atoms with Crippen molar-refractivity contribution in [3.05, 3.63) is 65.5 Å². The highest BCUT2D eigenvalue weighted by molar-refractivity contribution is 6.00. The lowest BCUT2D eigenvalue weighted by molar-refractivity contribution is -0.115. The molecule has 0 atom stereocenters. The Hall–Kier alpha value is -2.69. The van der Waals surface area contributed by atoms with Crippen LogP contribution in [0, 0.1) is 5.82 Å². The van der Waals surface area contributed by atoms with Gasteiger partial charge in [-0.2, -0.15) is 0 Å². The molecule has 0 spiro atoms. The summed E-state index contributed by atoms with van der Waals surface area (Å²) in [5.74, 6) is -2.07. The number of benzene rings is 2. The molecule has 0 radical (unpaired) electrons. The number of carbonyl (C=O) groups is 2. The van der Waals surface area contributed by atoms with Gasteiger partial charge in [-0.05, 0) is 23.8 Å². The van der Waals surface area contributed by atoms with E-state index in [1.165, 1.54) is 30.3 Å². The molecule has 0 saturated heterocycles. The van der Waals surface area contributed by atoms with Crippen LogP contribution in [0.25, 0.3) is 0 Å². The first-order valence-electron chi connectivity index (χ1n) is 5.93. The lowest BCUT2D eigenvalue weighted by Gasteiger charge is -2.08. The fourth-order valence-corrected chi connectivity index (χ4v) is 1.79. The van der Waals surface area contributed by atoms with Crippen molar-refractivity contribution in [3.63, 3.8) is 0 Å². The number of carboxylic acids is 1. The molecule has 102 valence electrons. The first-order chi connectivity index (χ1) is 9.58. The van der Waals surface area contributed by atoms with Gasteiger partial charge in [-0.3, -0.25) is 4.79 Å². The molecule has 2 aromatic carbocycles. The Kier molecular flexibility index (Phi) is 4.10. The third kappa shape index (κ3) is 3.20. The summed E-state index contributed by atoms with van der Waals surface area (Å²) in [7, 11) is 0. The summed E-state index contributed by atoms with van der Waals surface area (Å²) in [4.78, 5) is 22.8. The van der Waals surface area contributed by atoms with Crippen molar-refractivity contribution in [1.82, 2.24) is 0 Å². The van der Waals surface area contributed by atoms with Gasteiger partial charge >= 0.3 is 5.97 Å². The van der Waals surface area contributed by atoms with E-state index in [2.05, 4.69) is 5.32 Å². The smallest absolute Gasteiger partial charge is 0.337 e. The van der Waals surface area contributed by atoms with E-state index in [1.54, 1.807) is 18.2 Å². The summed E-state index contributed by atoms with van der Waals surface area (Å²) in [5, 5.41) is 11.5. The van der Waals surface area contributed by atoms with E-state index >= 15 is 0 Å². The number of para-hydroxylation sites is 1. The summed E-state index contributed by atoms with van der Waals surface area (Å²) in [5.41, 5.74) is 0.452. The Balaban J connectivity index is 2.13. The van der Waals surface area contributed by atoms with E-state index < -0.39 is 17.7 Å². The van der Waals surface area contributed by atoms with Crippen LogP contribution in [0.1, 0.15) is 15.9 Å². The van der Waals surface area contributed by atoms with E-state index in [0.29, 0.717) is 0 Å². The zero-order valence-electron chi connectivity index (χ0n) is 10.5. The summed E-state index contributed by atoms with van der Waals surface area (Å²) in [6, 6.07) is 12.0. The van der Waals surface area contributed by atoms with Gasteiger partial charge in [0.1, 0.15) is 5.82 Å². The molecule has 0 bridgehead atoms. The first-order valence-corrected chi connectivity index (χ1v) is 5.93. The minimum Gasteiger partial charge on any atom is -0.478 e. The number of amides is 1. The number of hydrogen-bond acceptors (Lipinski definition) is 2. The zero-order chi connectivity index (χ0) is 14.5. The van der Waals surface area contributed by atoms with Crippen LogP contribution in [0.15, 0.2) is 48.5 Å². The molecule has 0 aliphatic rings. The maximum Gasteiger partial charge on any atom is 0.337 e. The number of carboxylic acid groups (broad SMARTS) is 1. The molecule has 0 heterocycles. The fraction of sp³-hybridized carbons (Fsp3) is 0.0667. The van der Waals surface area contributed by atoms with Crippen molar-refractivity contribution in [2.45, 2.75) is 6.42 Å². The van der Waals surface area contributed by atoms with Crippen molar-refractivity contribution in [2.75, 3.05) is 5.32 Å². The van der Waals surface area contributed by atoms with Crippen molar-refractivity contribution in [3.8, 4) is 0 Å². The lowest BCUT2D eigenvalue weighted by Crippen LogP contribution is -2.17. The fourth-order valence-electron chi connectivity index (χ4n) is 1.79. The number of nitrogens with one attached hydrogen (secondary N) is 1. The SMILES string of the molecule is O=C(Cc1ccccc1F)Nc1ccccc1C(=O)O. The topological polar surface area (TPSA) is 66.4 Å². The van der Waals surface area contributed by atoms with Crippen LogP contribution in [0.3, 0.4) is 0 Å². The van der Waals surface area contributed by atoms with Gasteiger partial charge in [-0.15, -0.1) is 0 Å². The van der Waals surface area contributed by atoms with Gasteiger partial charge < -0.3 is 10.4 Å². The summed E-state index contributed by atoms with van der Waals surface area (Å²) in [6.45, 7) is 0. The molecule has 4 nitrogen and oxygen atoms in total. The van der Waals surface area contributed by atoms with Gasteiger partial charge in [0.15, 0.2) is 0 Å². The molecule has 2 aromatic rings. The number of hydrogen-bond donors (Lipinski definition) is 2. The minimum absolute atomic E-state index is 0.00520. The maximum atomic E-state index is 13.4. The van der Waals surface area contributed by atoms with Gasteiger partial charge in [-0.25, -0.2) is 9.18 Å². The predicted molar refractivity (Wildman–Crippen MR) is 72.1 cm³/mol. The van der Waals surface area contributed by atoms with Crippen molar-refractivity contribution < 1.29 is 19.1 Å². The predicted octanol–water partition coefficient (Wildman–Crippen LogP) is 2.71. The van der Waals surface area contributed by atoms with Gasteiger partial charge in [0, 0.05) is 0 Å². The summed E-state index contributed by atoms with van der Waals surface area (Å²) >= 11 is 0. The molecule has 2 rings (SSSR count). The highest BCUT2D eigenvalue weighted by atomic mass is 19.1. The van der Waals surface area contributed by atoms with Crippen LogP contribution in [-0.2, 0) is 11.2 Å². The average Bonchev–Trinajstić information content (AvgIpc) is 2.41. The highest BCUT2D eigenvalue weighted by Crippen LogP contribution is 2.16. The molecule has 0 aromatic heterocycles. The van der Waals surface area contributed by atoms with E-state index in [9.17, 15) is 14.0 Å². The van der Waals surface area contributed by atoms with Crippen LogP contribution < -0.4 is 5.32 Å². The van der Waals surface area contributed by atoms with Crippen molar-refractivity contribution >= 4 is 17.6 Å². The van der Waals surface area contributed by atoms with Crippen LogP contribution >= 0.6 is 0 Å². The zero-order valence-corrected chi connectivity index (χ0v) is 10.5. The summed E-state index contributed by atoms with van der Waals surface area (Å²) < 4.78 is 13.4. The maximum absolute atomic E-state index is 13.4. The summed E-state index contributed by atoms with van der Waals surface area (Å²) in [6.07, 6.45) is -0.152. The van der Waals surface area contributed by atoms with E-state index in [1.807, 2.05) is 0 Å². The van der Waals surface area contributed by atoms with Crippen molar-refractivity contribution in [1.29, 1.82) is 0 Å². The molecular formula is C15H12FNO3. The lowest BCUT2D eigenvalue weighted by atomic mass is 10.1. The average molecular weight is 273 g/mol. The number of anilines is 1. The second kappa shape index (κ2) is 5.97. The Labute approximate surface area is 114 Å². The van der Waals surface area contributed by atoms with Crippen LogP contribution in [0.5, 0.6) is 0 Å². The van der Waals surface area contributed by atoms with E-state index in [-0.39, 0.29) is 23.2 Å². The third-order valence-electron chi connectivity index (χ3n) is 2.74. The number of carbonyl (C=O) groups excluding carboxylic acids is 1. The number of aromatic carboxylic acids is 1. The molecule has 0 aliphatic heterocycles. The van der Waals surface area contributed by atoms with Crippen LogP contribution in [0.2, 0.25) is 0 Å². The number of halogens is 1. The second-order valence-corrected chi connectivity index (χ2v) is 4.17. The highest BCUT2D eigenvalue weighted by Gasteiger charge is 2.13. The van der Waals surface area contributed by atoms with Crippen LogP contribution in [0.4, 0.5) is 10.1 Å². The van der Waals surface area contributed by atoms with Gasteiger partial charge in [0.05, 0.1) is 17.7 Å². The molecule has 20 heavy (non-hydrogen) atoms. The Morgan fingerprint density at radius 2 is 1.70 bits per heavy atom. The van der Waals surface area contributed by atoms with Gasteiger partial charge in [-0.1, -0.05) is 30.3 Å². The Bertz CT molecular complexity index is 655. The first kappa shape index (κ1) is 13.7. The molecule has 1 amide bonds. The molecular weight excluding hydrogens is 261 g/mol. The Morgan fingerprint density at radius 1 is 1.05 bits per heavy atom.